The molecule has 3 nitrogen and oxygen atoms in total. The Hall–Kier alpha value is -1.94. The molecule has 0 aliphatic heterocycles. The zero-order valence-electron chi connectivity index (χ0n) is 12.2. The molecule has 0 radical (unpaired) electrons. The molecule has 1 aromatic carbocycles. The molecule has 0 amide bonds. The number of nitrogens with one attached hydrogen (secondary N) is 1. The van der Waals surface area contributed by atoms with Gasteiger partial charge in [0.25, 0.3) is 0 Å². The molecule has 4 heteroatoms. The molecule has 0 bridgehead atoms. The molecule has 0 saturated heterocycles. The lowest BCUT2D eigenvalue weighted by Crippen LogP contribution is -1.98. The van der Waals surface area contributed by atoms with Gasteiger partial charge in [0.15, 0.2) is 5.82 Å². The third-order valence-electron chi connectivity index (χ3n) is 4.08. The molecule has 4 rings (SSSR count). The second kappa shape index (κ2) is 4.81. The second-order valence-corrected chi connectivity index (χ2v) is 6.64. The third kappa shape index (κ3) is 2.02. The zero-order chi connectivity index (χ0) is 14.4. The van der Waals surface area contributed by atoms with Gasteiger partial charge < -0.3 is 5.32 Å². The van der Waals surface area contributed by atoms with E-state index in [-0.39, 0.29) is 0 Å². The molecule has 3 aromatic rings. The Morgan fingerprint density at radius 2 is 2.10 bits per heavy atom. The molecular weight excluding hydrogens is 278 g/mol. The Kier molecular flexibility index (Phi) is 2.93. The molecule has 21 heavy (non-hydrogen) atoms. The van der Waals surface area contributed by atoms with E-state index in [4.69, 9.17) is 9.97 Å². The molecule has 2 heterocycles. The van der Waals surface area contributed by atoms with Crippen LogP contribution in [-0.2, 0) is 12.8 Å². The molecule has 1 N–H and O–H groups in total. The van der Waals surface area contributed by atoms with Gasteiger partial charge in [-0.1, -0.05) is 23.8 Å². The van der Waals surface area contributed by atoms with Crippen molar-refractivity contribution in [2.45, 2.75) is 26.2 Å². The predicted molar refractivity (Wildman–Crippen MR) is 89.2 cm³/mol. The fourth-order valence-corrected chi connectivity index (χ4v) is 4.35. The Balaban J connectivity index is 1.96. The Morgan fingerprint density at radius 3 is 2.90 bits per heavy atom. The van der Waals surface area contributed by atoms with Crippen molar-refractivity contribution in [3.8, 4) is 11.4 Å². The number of nitrogens with zero attached hydrogens (tertiary/aromatic N) is 2. The number of anilines is 1. The molecule has 0 atom stereocenters. The number of benzene rings is 1. The highest BCUT2D eigenvalue weighted by atomic mass is 32.1. The summed E-state index contributed by atoms with van der Waals surface area (Å²) in [6.07, 6.45) is 3.62. The summed E-state index contributed by atoms with van der Waals surface area (Å²) in [7, 11) is 1.95. The second-order valence-electron chi connectivity index (χ2n) is 5.55. The summed E-state index contributed by atoms with van der Waals surface area (Å²) in [4.78, 5) is 12.2. The summed E-state index contributed by atoms with van der Waals surface area (Å²) < 4.78 is 0. The Bertz CT molecular complexity index is 835. The first-order valence-corrected chi connectivity index (χ1v) is 8.15. The SMILES string of the molecule is CNc1nc(-c2cccc(C)c2)nc2sc3c(c12)CCC3. The summed E-state index contributed by atoms with van der Waals surface area (Å²) in [5.74, 6) is 1.78. The van der Waals surface area contributed by atoms with Gasteiger partial charge in [0.05, 0.1) is 5.39 Å². The van der Waals surface area contributed by atoms with Gasteiger partial charge >= 0.3 is 0 Å². The molecule has 2 aromatic heterocycles. The number of aromatic nitrogens is 2. The molecule has 0 saturated carbocycles. The number of hydrogen-bond donors (Lipinski definition) is 1. The highest BCUT2D eigenvalue weighted by Gasteiger charge is 2.22. The van der Waals surface area contributed by atoms with Gasteiger partial charge in [-0.2, -0.15) is 0 Å². The maximum atomic E-state index is 4.83. The number of aryl methyl sites for hydroxylation is 3. The highest BCUT2D eigenvalue weighted by Crippen LogP contribution is 2.40. The molecule has 1 aliphatic rings. The van der Waals surface area contributed by atoms with Crippen LogP contribution in [0, 0.1) is 6.92 Å². The van der Waals surface area contributed by atoms with E-state index in [2.05, 4.69) is 36.5 Å². The van der Waals surface area contributed by atoms with Gasteiger partial charge in [-0.3, -0.25) is 0 Å². The van der Waals surface area contributed by atoms with Crippen LogP contribution in [0.1, 0.15) is 22.4 Å². The van der Waals surface area contributed by atoms with E-state index < -0.39 is 0 Å². The average molecular weight is 295 g/mol. The van der Waals surface area contributed by atoms with E-state index in [9.17, 15) is 0 Å². The minimum absolute atomic E-state index is 0.815. The van der Waals surface area contributed by atoms with Gasteiger partial charge in [-0.05, 0) is 37.8 Å². The molecule has 0 spiro atoms. The van der Waals surface area contributed by atoms with Crippen LogP contribution in [0.2, 0.25) is 0 Å². The minimum Gasteiger partial charge on any atom is -0.372 e. The largest absolute Gasteiger partial charge is 0.372 e. The van der Waals surface area contributed by atoms with E-state index in [1.54, 1.807) is 0 Å². The summed E-state index contributed by atoms with van der Waals surface area (Å²) in [5.41, 5.74) is 3.79. The molecule has 106 valence electrons. The number of hydrogen-bond acceptors (Lipinski definition) is 4. The summed E-state index contributed by atoms with van der Waals surface area (Å²) >= 11 is 1.84. The first kappa shape index (κ1) is 12.8. The Labute approximate surface area is 128 Å². The fraction of sp³-hybridized carbons (Fsp3) is 0.294. The zero-order valence-corrected chi connectivity index (χ0v) is 13.0. The number of fused-ring (bicyclic) bond motifs is 3. The molecule has 1 aliphatic carbocycles. The molecular formula is C17H17N3S. The van der Waals surface area contributed by atoms with Crippen molar-refractivity contribution in [3.05, 3.63) is 40.3 Å². The minimum atomic E-state index is 0.815. The van der Waals surface area contributed by atoms with Crippen LogP contribution in [0.4, 0.5) is 5.82 Å². The predicted octanol–water partition coefficient (Wildman–Crippen LogP) is 4.20. The van der Waals surface area contributed by atoms with Crippen molar-refractivity contribution in [1.82, 2.24) is 9.97 Å². The van der Waals surface area contributed by atoms with Crippen molar-refractivity contribution in [2.75, 3.05) is 12.4 Å². The van der Waals surface area contributed by atoms with Crippen LogP contribution >= 0.6 is 11.3 Å². The summed E-state index contributed by atoms with van der Waals surface area (Å²) in [5, 5.41) is 4.51. The normalized spacial score (nSPS) is 13.6. The van der Waals surface area contributed by atoms with E-state index in [1.807, 2.05) is 18.4 Å². The van der Waals surface area contributed by atoms with Crippen molar-refractivity contribution >= 4 is 27.4 Å². The highest BCUT2D eigenvalue weighted by molar-refractivity contribution is 7.19. The maximum Gasteiger partial charge on any atom is 0.163 e. The van der Waals surface area contributed by atoms with Crippen molar-refractivity contribution < 1.29 is 0 Å². The average Bonchev–Trinajstić information content (AvgIpc) is 3.06. The van der Waals surface area contributed by atoms with Gasteiger partial charge in [-0.15, -0.1) is 11.3 Å². The van der Waals surface area contributed by atoms with Crippen LogP contribution in [-0.4, -0.2) is 17.0 Å². The first-order chi connectivity index (χ1) is 10.3. The van der Waals surface area contributed by atoms with Gasteiger partial charge in [-0.25, -0.2) is 9.97 Å². The molecule has 0 unspecified atom stereocenters. The van der Waals surface area contributed by atoms with Crippen molar-refractivity contribution in [1.29, 1.82) is 0 Å². The first-order valence-electron chi connectivity index (χ1n) is 7.33. The van der Waals surface area contributed by atoms with E-state index in [0.717, 1.165) is 28.5 Å². The molecule has 0 fully saturated rings. The lowest BCUT2D eigenvalue weighted by Gasteiger charge is -2.07. The standard InChI is InChI=1S/C17H17N3S/c1-10-5-3-6-11(9-10)15-19-16(18-2)14-12-7-4-8-13(12)21-17(14)20-15/h3,5-6,9H,4,7-8H2,1-2H3,(H,18,19,20). The fourth-order valence-electron chi connectivity index (χ4n) is 3.09. The lowest BCUT2D eigenvalue weighted by atomic mass is 10.1. The lowest BCUT2D eigenvalue weighted by molar-refractivity contribution is 0.917. The van der Waals surface area contributed by atoms with Crippen LogP contribution in [0.15, 0.2) is 24.3 Å². The summed E-state index contributed by atoms with van der Waals surface area (Å²) in [6, 6.07) is 8.38. The van der Waals surface area contributed by atoms with Crippen molar-refractivity contribution in [2.24, 2.45) is 0 Å². The van der Waals surface area contributed by atoms with E-state index >= 15 is 0 Å². The topological polar surface area (TPSA) is 37.8 Å². The Morgan fingerprint density at radius 1 is 1.19 bits per heavy atom. The van der Waals surface area contributed by atoms with Gasteiger partial charge in [0.1, 0.15) is 10.6 Å². The van der Waals surface area contributed by atoms with Crippen LogP contribution in [0.5, 0.6) is 0 Å². The smallest absolute Gasteiger partial charge is 0.163 e. The van der Waals surface area contributed by atoms with Crippen LogP contribution in [0.3, 0.4) is 0 Å². The van der Waals surface area contributed by atoms with Crippen LogP contribution in [0.25, 0.3) is 21.6 Å². The third-order valence-corrected chi connectivity index (χ3v) is 5.26. The number of rotatable bonds is 2. The monoisotopic (exact) mass is 295 g/mol. The van der Waals surface area contributed by atoms with Gasteiger partial charge in [0.2, 0.25) is 0 Å². The van der Waals surface area contributed by atoms with Crippen molar-refractivity contribution in [3.63, 3.8) is 0 Å². The van der Waals surface area contributed by atoms with E-state index in [0.29, 0.717) is 0 Å². The van der Waals surface area contributed by atoms with E-state index in [1.165, 1.54) is 34.2 Å². The maximum absolute atomic E-state index is 4.83. The van der Waals surface area contributed by atoms with Gasteiger partial charge in [0, 0.05) is 17.5 Å². The van der Waals surface area contributed by atoms with Crippen LogP contribution < -0.4 is 5.32 Å². The quantitative estimate of drug-likeness (QED) is 0.770. The number of thiophene rings is 1. The summed E-state index contributed by atoms with van der Waals surface area (Å²) in [6.45, 7) is 2.10.